The van der Waals surface area contributed by atoms with Crippen LogP contribution in [0.2, 0.25) is 2.82 Å². The maximum Gasteiger partial charge on any atom is 0.416 e. The quantitative estimate of drug-likeness (QED) is 0.836. The van der Waals surface area contributed by atoms with Crippen molar-refractivity contribution < 1.29 is 16.8 Å². The van der Waals surface area contributed by atoms with Gasteiger partial charge >= 0.3 is 6.09 Å². The molecule has 16 heavy (non-hydrogen) atoms. The zero-order valence-electron chi connectivity index (χ0n) is 13.4. The summed E-state index contributed by atoms with van der Waals surface area (Å²) in [5, 5.41) is 9.77. The van der Waals surface area contributed by atoms with Crippen LogP contribution in [0.25, 0.3) is 10.9 Å². The number of carbonyl (C=O) groups is 1. The first kappa shape index (κ1) is 6.06. The van der Waals surface area contributed by atoms with E-state index < -0.39 is 19.0 Å². The Balaban J connectivity index is 2.49. The summed E-state index contributed by atoms with van der Waals surface area (Å²) in [6, 6.07) is 5.40. The normalized spacial score (nSPS) is 18.4. The SMILES string of the molecule is [2H]N([2H])[C@@H](Cc1cn(C(=O)O)c2ccccc12)C([2H])([2H])[2H]. The fraction of sp³-hybridized carbons (Fsp3) is 0.250. The van der Waals surface area contributed by atoms with Gasteiger partial charge in [0.2, 0.25) is 0 Å². The largest absolute Gasteiger partial charge is 0.464 e. The summed E-state index contributed by atoms with van der Waals surface area (Å²) in [4.78, 5) is 11.2. The lowest BCUT2D eigenvalue weighted by Crippen LogP contribution is -2.17. The number of fused-ring (bicyclic) bond motifs is 1. The van der Waals surface area contributed by atoms with Crippen molar-refractivity contribution in [1.82, 2.24) is 4.57 Å². The molecule has 4 nitrogen and oxygen atoms in total. The summed E-state index contributed by atoms with van der Waals surface area (Å²) in [7, 11) is 0. The molecule has 3 N–H and O–H groups in total. The molecule has 2 rings (SSSR count). The van der Waals surface area contributed by atoms with Crippen LogP contribution in [0.15, 0.2) is 30.5 Å². The first-order valence-electron chi connectivity index (χ1n) is 7.20. The lowest BCUT2D eigenvalue weighted by Gasteiger charge is -2.02. The Hall–Kier alpha value is -1.81. The van der Waals surface area contributed by atoms with Crippen LogP contribution in [-0.2, 0) is 6.42 Å². The molecule has 0 spiro atoms. The minimum atomic E-state index is -2.50. The van der Waals surface area contributed by atoms with Crippen LogP contribution in [0.3, 0.4) is 0 Å². The number of rotatable bonds is 3. The van der Waals surface area contributed by atoms with Gasteiger partial charge in [-0.3, -0.25) is 4.57 Å². The molecule has 0 fully saturated rings. The van der Waals surface area contributed by atoms with Gasteiger partial charge in [-0.05, 0) is 24.9 Å². The number of benzene rings is 1. The summed E-state index contributed by atoms with van der Waals surface area (Å²) >= 11 is 0. The van der Waals surface area contributed by atoms with Crippen molar-refractivity contribution >= 4 is 17.0 Å². The van der Waals surface area contributed by atoms with Gasteiger partial charge in [-0.1, -0.05) is 18.2 Å². The van der Waals surface area contributed by atoms with E-state index in [1.54, 1.807) is 24.3 Å². The molecule has 2 aromatic rings. The summed E-state index contributed by atoms with van der Waals surface area (Å²) in [6.07, 6.45) is 0.0657. The Bertz CT molecular complexity index is 665. The van der Waals surface area contributed by atoms with E-state index in [2.05, 4.69) is 0 Å². The minimum absolute atomic E-state index is 0.107. The fourth-order valence-electron chi connectivity index (χ4n) is 1.78. The summed E-state index contributed by atoms with van der Waals surface area (Å²) < 4.78 is 37.7. The predicted molar refractivity (Wildman–Crippen MR) is 62.7 cm³/mol. The van der Waals surface area contributed by atoms with Crippen molar-refractivity contribution in [3.63, 3.8) is 0 Å². The van der Waals surface area contributed by atoms with Gasteiger partial charge in [-0.15, -0.1) is 0 Å². The second kappa shape index (κ2) is 3.98. The number of nitrogens with two attached hydrogens (primary N) is 1. The lowest BCUT2D eigenvalue weighted by molar-refractivity contribution is 0.197. The molecule has 1 aromatic heterocycles. The number of hydrogen-bond acceptors (Lipinski definition) is 2. The molecule has 1 heterocycles. The molecule has 0 aliphatic carbocycles. The van der Waals surface area contributed by atoms with Crippen molar-refractivity contribution in [3.8, 4) is 0 Å². The maximum atomic E-state index is 11.2. The van der Waals surface area contributed by atoms with E-state index >= 15 is 0 Å². The van der Waals surface area contributed by atoms with Crippen LogP contribution in [0.4, 0.5) is 4.79 Å². The molecule has 1 atom stereocenters. The molecular weight excluding hydrogens is 204 g/mol. The molecule has 4 heteroatoms. The number of para-hydroxylation sites is 1. The van der Waals surface area contributed by atoms with Gasteiger partial charge in [-0.25, -0.2) is 4.79 Å². The zero-order chi connectivity index (χ0) is 15.8. The maximum absolute atomic E-state index is 11.2. The fourth-order valence-corrected chi connectivity index (χ4v) is 1.78. The standard InChI is InChI=1S/C12H14N2O2/c1-8(13)6-9-7-14(12(15)16)11-5-3-2-4-10(9)11/h2-5,7-8H,6,13H2,1H3,(H,15,16)/t8-/m1/s1/i1D3/hD2. The van der Waals surface area contributed by atoms with Crippen LogP contribution >= 0.6 is 0 Å². The van der Waals surface area contributed by atoms with Crippen LogP contribution in [-0.4, -0.2) is 21.8 Å². The van der Waals surface area contributed by atoms with Gasteiger partial charge in [0.05, 0.1) is 5.52 Å². The van der Waals surface area contributed by atoms with Crippen molar-refractivity contribution in [1.29, 1.82) is 0 Å². The van der Waals surface area contributed by atoms with Crippen LogP contribution in [0.1, 0.15) is 16.5 Å². The van der Waals surface area contributed by atoms with E-state index in [0.717, 1.165) is 4.57 Å². The molecule has 0 aliphatic heterocycles. The molecule has 0 saturated carbocycles. The predicted octanol–water partition coefficient (Wildman–Crippen LogP) is 2.06. The van der Waals surface area contributed by atoms with E-state index in [4.69, 9.17) is 12.0 Å². The highest BCUT2D eigenvalue weighted by Gasteiger charge is 2.12. The smallest absolute Gasteiger partial charge is 0.416 e. The first-order chi connectivity index (χ1) is 9.71. The molecule has 84 valence electrons. The molecule has 0 radical (unpaired) electrons. The van der Waals surface area contributed by atoms with Gasteiger partial charge in [-0.2, -0.15) is 0 Å². The Kier molecular flexibility index (Phi) is 1.51. The first-order valence-corrected chi connectivity index (χ1v) is 4.81. The zero-order valence-corrected chi connectivity index (χ0v) is 8.42. The second-order valence-electron chi connectivity index (χ2n) is 3.54. The Labute approximate surface area is 100 Å². The van der Waals surface area contributed by atoms with E-state index in [0.29, 0.717) is 16.5 Å². The average molecular weight is 223 g/mol. The third-order valence-electron chi connectivity index (χ3n) is 2.41. The number of aromatic nitrogens is 1. The Morgan fingerprint density at radius 3 is 3.19 bits per heavy atom. The summed E-state index contributed by atoms with van der Waals surface area (Å²) in [5.41, 5.74) is 1.09. The van der Waals surface area contributed by atoms with Gasteiger partial charge < -0.3 is 10.8 Å². The van der Waals surface area contributed by atoms with Gasteiger partial charge in [0.1, 0.15) is 2.82 Å². The van der Waals surface area contributed by atoms with Crippen molar-refractivity contribution in [2.75, 3.05) is 0 Å². The van der Waals surface area contributed by atoms with Crippen LogP contribution in [0.5, 0.6) is 0 Å². The van der Waals surface area contributed by atoms with Crippen LogP contribution in [0, 0.1) is 0 Å². The topological polar surface area (TPSA) is 68.2 Å². The lowest BCUT2D eigenvalue weighted by atomic mass is 10.1. The monoisotopic (exact) mass is 223 g/mol. The average Bonchev–Trinajstić information content (AvgIpc) is 2.73. The summed E-state index contributed by atoms with van der Waals surface area (Å²) in [5.74, 6) is 0. The minimum Gasteiger partial charge on any atom is -0.464 e. The Morgan fingerprint density at radius 2 is 2.50 bits per heavy atom. The molecule has 1 aromatic carbocycles. The molecule has 0 saturated heterocycles. The molecule has 0 bridgehead atoms. The van der Waals surface area contributed by atoms with E-state index in [-0.39, 0.29) is 12.1 Å². The highest BCUT2D eigenvalue weighted by Crippen LogP contribution is 2.22. The number of carboxylic acid groups (broad SMARTS) is 1. The van der Waals surface area contributed by atoms with E-state index in [1.807, 2.05) is 0 Å². The molecule has 0 aliphatic rings. The van der Waals surface area contributed by atoms with Gasteiger partial charge in [0, 0.05) is 21.7 Å². The third kappa shape index (κ3) is 1.79. The number of nitrogens with zero attached hydrogens (tertiary/aromatic N) is 1. The highest BCUT2D eigenvalue weighted by molar-refractivity contribution is 5.91. The van der Waals surface area contributed by atoms with E-state index in [9.17, 15) is 4.79 Å². The van der Waals surface area contributed by atoms with Crippen molar-refractivity contribution in [2.45, 2.75) is 19.3 Å². The molecule has 0 amide bonds. The molecular formula is C12H14N2O2. The highest BCUT2D eigenvalue weighted by atomic mass is 16.4. The summed E-state index contributed by atoms with van der Waals surface area (Å²) in [6.45, 7) is -2.50. The second-order valence-corrected chi connectivity index (χ2v) is 3.54. The van der Waals surface area contributed by atoms with Crippen LogP contribution < -0.4 is 5.72 Å². The molecule has 0 unspecified atom stereocenters. The number of hydrogen-bond donors (Lipinski definition) is 2. The van der Waals surface area contributed by atoms with Crippen molar-refractivity contribution in [3.05, 3.63) is 36.0 Å². The van der Waals surface area contributed by atoms with Gasteiger partial charge in [0.15, 0.2) is 0 Å². The Morgan fingerprint density at radius 1 is 1.69 bits per heavy atom. The van der Waals surface area contributed by atoms with E-state index in [1.165, 1.54) is 6.20 Å². The van der Waals surface area contributed by atoms with Gasteiger partial charge in [0.25, 0.3) is 0 Å². The van der Waals surface area contributed by atoms with Crippen molar-refractivity contribution in [2.24, 2.45) is 5.72 Å². The third-order valence-corrected chi connectivity index (χ3v) is 2.41.